The van der Waals surface area contributed by atoms with Crippen molar-refractivity contribution in [2.24, 2.45) is 28.6 Å². The highest BCUT2D eigenvalue weighted by molar-refractivity contribution is 6.60. The molecule has 0 aliphatic rings. The van der Waals surface area contributed by atoms with Gasteiger partial charge in [-0.3, -0.25) is 0 Å². The molecule has 0 amide bonds. The van der Waals surface area contributed by atoms with Crippen LogP contribution >= 0.6 is 0 Å². The fraction of sp³-hybridized carbons (Fsp3) is 0.963. The van der Waals surface area contributed by atoms with E-state index in [1.807, 2.05) is 0 Å². The molecule has 4 atom stereocenters. The predicted molar refractivity (Wildman–Crippen MR) is 136 cm³/mol. The van der Waals surface area contributed by atoms with Crippen LogP contribution in [0.25, 0.3) is 0 Å². The maximum absolute atomic E-state index is 6.25. The SMILES string of the molecule is [CH2]C(CCCOCC(CCC(C)CC(C)(C)C)C(C)CC(C)(C)C)[SiH](CC)CC. The Morgan fingerprint density at radius 2 is 1.38 bits per heavy atom. The van der Waals surface area contributed by atoms with Crippen LogP contribution in [0.4, 0.5) is 0 Å². The van der Waals surface area contributed by atoms with Crippen molar-refractivity contribution in [3.05, 3.63) is 6.92 Å². The highest BCUT2D eigenvalue weighted by atomic mass is 28.3. The third-order valence-corrected chi connectivity index (χ3v) is 10.4. The highest BCUT2D eigenvalue weighted by Gasteiger charge is 2.25. The summed E-state index contributed by atoms with van der Waals surface area (Å²) >= 11 is 0. The maximum Gasteiger partial charge on any atom is 0.0496 e. The molecule has 175 valence electrons. The Balaban J connectivity index is 4.52. The van der Waals surface area contributed by atoms with Crippen LogP contribution in [-0.4, -0.2) is 22.0 Å². The van der Waals surface area contributed by atoms with Gasteiger partial charge in [0.1, 0.15) is 0 Å². The van der Waals surface area contributed by atoms with E-state index in [1.54, 1.807) is 0 Å². The number of hydrogen-bond donors (Lipinski definition) is 0. The summed E-state index contributed by atoms with van der Waals surface area (Å²) in [7, 11) is -0.605. The molecular weight excluding hydrogens is 368 g/mol. The van der Waals surface area contributed by atoms with Crippen molar-refractivity contribution in [1.29, 1.82) is 0 Å². The van der Waals surface area contributed by atoms with Gasteiger partial charge >= 0.3 is 0 Å². The second kappa shape index (κ2) is 14.3. The molecule has 0 saturated carbocycles. The first-order chi connectivity index (χ1) is 13.3. The van der Waals surface area contributed by atoms with Gasteiger partial charge in [-0.1, -0.05) is 101 Å². The molecule has 0 N–H and O–H groups in total. The summed E-state index contributed by atoms with van der Waals surface area (Å²) in [5.74, 6) is 2.23. The first-order valence-electron chi connectivity index (χ1n) is 12.7. The zero-order chi connectivity index (χ0) is 22.7. The fourth-order valence-electron chi connectivity index (χ4n) is 5.18. The molecule has 0 bridgehead atoms. The smallest absolute Gasteiger partial charge is 0.0496 e. The molecule has 4 unspecified atom stereocenters. The molecule has 0 spiro atoms. The third kappa shape index (κ3) is 15.6. The molecule has 2 heteroatoms. The molecule has 0 aromatic rings. The van der Waals surface area contributed by atoms with Gasteiger partial charge in [-0.2, -0.15) is 0 Å². The third-order valence-electron chi connectivity index (χ3n) is 6.64. The Bertz CT molecular complexity index is 388. The second-order valence-electron chi connectivity index (χ2n) is 12.5. The normalized spacial score (nSPS) is 17.4. The van der Waals surface area contributed by atoms with Crippen LogP contribution in [0.3, 0.4) is 0 Å². The Morgan fingerprint density at radius 1 is 0.828 bits per heavy atom. The minimum atomic E-state index is -0.605. The molecule has 0 heterocycles. The van der Waals surface area contributed by atoms with Crippen molar-refractivity contribution in [1.82, 2.24) is 0 Å². The van der Waals surface area contributed by atoms with E-state index < -0.39 is 8.80 Å². The Hall–Kier alpha value is 0.177. The summed E-state index contributed by atoms with van der Waals surface area (Å²) in [6.07, 6.45) is 7.71. The highest BCUT2D eigenvalue weighted by Crippen LogP contribution is 2.34. The average Bonchev–Trinajstić information content (AvgIpc) is 2.55. The largest absolute Gasteiger partial charge is 0.381 e. The summed E-state index contributed by atoms with van der Waals surface area (Å²) in [4.78, 5) is 0. The quantitative estimate of drug-likeness (QED) is 0.188. The number of ether oxygens (including phenoxy) is 1. The molecule has 0 aromatic heterocycles. The van der Waals surface area contributed by atoms with Crippen LogP contribution in [0.5, 0.6) is 0 Å². The lowest BCUT2D eigenvalue weighted by molar-refractivity contribution is 0.0607. The van der Waals surface area contributed by atoms with E-state index in [0.29, 0.717) is 16.7 Å². The first kappa shape index (κ1) is 29.2. The van der Waals surface area contributed by atoms with Gasteiger partial charge in [0.2, 0.25) is 0 Å². The molecule has 0 fully saturated rings. The molecular formula is C27H57OSi. The van der Waals surface area contributed by atoms with E-state index in [9.17, 15) is 0 Å². The van der Waals surface area contributed by atoms with Gasteiger partial charge in [-0.15, -0.1) is 0 Å². The maximum atomic E-state index is 6.25. The van der Waals surface area contributed by atoms with Gasteiger partial charge in [0.05, 0.1) is 0 Å². The molecule has 0 rings (SSSR count). The number of rotatable bonds is 15. The van der Waals surface area contributed by atoms with Crippen LogP contribution in [0.2, 0.25) is 17.6 Å². The van der Waals surface area contributed by atoms with Crippen LogP contribution in [0, 0.1) is 35.5 Å². The summed E-state index contributed by atoms with van der Waals surface area (Å²) in [5.41, 5.74) is 1.56. The molecule has 1 nitrogen and oxygen atoms in total. The Morgan fingerprint density at radius 3 is 1.86 bits per heavy atom. The van der Waals surface area contributed by atoms with E-state index >= 15 is 0 Å². The predicted octanol–water partition coefficient (Wildman–Crippen LogP) is 8.80. The molecule has 1 radical (unpaired) electrons. The summed E-state index contributed by atoms with van der Waals surface area (Å²) in [5, 5.41) is 0. The van der Waals surface area contributed by atoms with E-state index in [2.05, 4.69) is 76.2 Å². The minimum absolute atomic E-state index is 0.399. The molecule has 0 aliphatic carbocycles. The van der Waals surface area contributed by atoms with Gasteiger partial charge in [0, 0.05) is 22.0 Å². The van der Waals surface area contributed by atoms with Crippen LogP contribution < -0.4 is 0 Å². The Kier molecular flexibility index (Phi) is 14.4. The average molecular weight is 426 g/mol. The van der Waals surface area contributed by atoms with E-state index in [1.165, 1.54) is 50.6 Å². The lowest BCUT2D eigenvalue weighted by atomic mass is 9.76. The van der Waals surface area contributed by atoms with Crippen LogP contribution in [0.1, 0.15) is 108 Å². The van der Waals surface area contributed by atoms with E-state index in [0.717, 1.165) is 30.6 Å². The van der Waals surface area contributed by atoms with Gasteiger partial charge in [0.15, 0.2) is 0 Å². The Labute approximate surface area is 187 Å². The van der Waals surface area contributed by atoms with E-state index in [-0.39, 0.29) is 0 Å². The zero-order valence-electron chi connectivity index (χ0n) is 22.1. The molecule has 0 aromatic carbocycles. The zero-order valence-corrected chi connectivity index (χ0v) is 23.2. The van der Waals surface area contributed by atoms with Crippen molar-refractivity contribution < 1.29 is 4.74 Å². The van der Waals surface area contributed by atoms with Crippen molar-refractivity contribution in [2.75, 3.05) is 13.2 Å². The van der Waals surface area contributed by atoms with Gasteiger partial charge < -0.3 is 4.74 Å². The first-order valence-corrected chi connectivity index (χ1v) is 15.0. The summed E-state index contributed by atoms with van der Waals surface area (Å²) < 4.78 is 6.25. The van der Waals surface area contributed by atoms with Crippen LogP contribution in [0.15, 0.2) is 0 Å². The van der Waals surface area contributed by atoms with Gasteiger partial charge in [-0.25, -0.2) is 0 Å². The molecule has 0 saturated heterocycles. The number of hydrogen-bond acceptors (Lipinski definition) is 1. The topological polar surface area (TPSA) is 9.23 Å². The van der Waals surface area contributed by atoms with E-state index in [4.69, 9.17) is 4.74 Å². The van der Waals surface area contributed by atoms with Crippen molar-refractivity contribution in [3.63, 3.8) is 0 Å². The minimum Gasteiger partial charge on any atom is -0.381 e. The van der Waals surface area contributed by atoms with Crippen molar-refractivity contribution >= 4 is 8.80 Å². The lowest BCUT2D eigenvalue weighted by Gasteiger charge is -2.31. The lowest BCUT2D eigenvalue weighted by Crippen LogP contribution is -2.24. The second-order valence-corrected chi connectivity index (χ2v) is 16.6. The molecule has 0 aliphatic heterocycles. The summed E-state index contributed by atoms with van der Waals surface area (Å²) in [6, 6.07) is 2.79. The monoisotopic (exact) mass is 425 g/mol. The van der Waals surface area contributed by atoms with Crippen molar-refractivity contribution in [3.8, 4) is 0 Å². The van der Waals surface area contributed by atoms with Crippen LogP contribution in [-0.2, 0) is 4.74 Å². The van der Waals surface area contributed by atoms with Gasteiger partial charge in [0.25, 0.3) is 0 Å². The fourth-order valence-corrected chi connectivity index (χ4v) is 7.80. The van der Waals surface area contributed by atoms with Crippen molar-refractivity contribution in [2.45, 2.75) is 125 Å². The summed E-state index contributed by atoms with van der Waals surface area (Å²) in [6.45, 7) is 30.2. The molecule has 29 heavy (non-hydrogen) atoms. The van der Waals surface area contributed by atoms with Gasteiger partial charge in [-0.05, 0) is 59.8 Å². The standard InChI is InChI=1S/C27H57OSi/c1-12-29(13-2)24(5)15-14-18-28-21-25(23(4)20-27(9,10)11)17-16-22(3)19-26(6,7)8/h22-25,29H,5,12-21H2,1-4,6-11H3.